The average Bonchev–Trinajstić information content (AvgIpc) is 1.98. The number of carbonyl (C=O) groups excluding carboxylic acids is 1. The molecule has 0 spiro atoms. The summed E-state index contributed by atoms with van der Waals surface area (Å²) in [5.74, 6) is -0.193. The molecule has 72 valence electrons. The summed E-state index contributed by atoms with van der Waals surface area (Å²) in [7, 11) is 0. The molecule has 0 aromatic heterocycles. The van der Waals surface area contributed by atoms with Crippen molar-refractivity contribution in [2.75, 3.05) is 0 Å². The molecule has 0 aliphatic carbocycles. The number of allylic oxidation sites excluding steroid dienone is 1. The van der Waals surface area contributed by atoms with Crippen LogP contribution in [0.1, 0.15) is 20.8 Å². The molecule has 0 saturated carbocycles. The molecule has 1 rings (SSSR count). The summed E-state index contributed by atoms with van der Waals surface area (Å²) < 4.78 is 0. The van der Waals surface area contributed by atoms with Crippen LogP contribution in [0.15, 0.2) is 15.1 Å². The fourth-order valence-corrected chi connectivity index (χ4v) is 1.42. The molecule has 0 saturated heterocycles. The number of ketones is 1. The third-order valence-corrected chi connectivity index (χ3v) is 2.60. The van der Waals surface area contributed by atoms with Crippen LogP contribution < -0.4 is 0 Å². The Morgan fingerprint density at radius 3 is 2.38 bits per heavy atom. The van der Waals surface area contributed by atoms with Crippen molar-refractivity contribution in [3.8, 4) is 0 Å². The number of halogens is 2. The van der Waals surface area contributed by atoms with E-state index in [0.717, 1.165) is 0 Å². The number of hydrogen-bond acceptors (Lipinski definition) is 2. The molecular weight excluding hydrogens is 209 g/mol. The second-order valence-corrected chi connectivity index (χ2v) is 4.86. The molecule has 0 amide bonds. The second-order valence-electron chi connectivity index (χ2n) is 4.07. The highest BCUT2D eigenvalue weighted by molar-refractivity contribution is 6.54. The maximum Gasteiger partial charge on any atom is 0.200 e. The Bertz CT molecular complexity index is 299. The Morgan fingerprint density at radius 2 is 1.92 bits per heavy atom. The first kappa shape index (κ1) is 10.7. The van der Waals surface area contributed by atoms with E-state index in [2.05, 4.69) is 4.99 Å². The maximum atomic E-state index is 11.6. The lowest BCUT2D eigenvalue weighted by molar-refractivity contribution is -0.118. The van der Waals surface area contributed by atoms with Gasteiger partial charge in [0.1, 0.15) is 11.1 Å². The van der Waals surface area contributed by atoms with E-state index in [9.17, 15) is 4.79 Å². The molecule has 1 heterocycles. The van der Waals surface area contributed by atoms with Crippen LogP contribution in [0.25, 0.3) is 0 Å². The highest BCUT2D eigenvalue weighted by Crippen LogP contribution is 2.30. The summed E-state index contributed by atoms with van der Waals surface area (Å²) in [5, 5.41) is 0.323. The summed E-state index contributed by atoms with van der Waals surface area (Å²) in [4.78, 5) is 15.7. The van der Waals surface area contributed by atoms with Crippen molar-refractivity contribution in [3.63, 3.8) is 0 Å². The molecule has 0 aromatic rings. The minimum Gasteiger partial charge on any atom is -0.291 e. The van der Waals surface area contributed by atoms with E-state index >= 15 is 0 Å². The number of nitrogens with zero attached hydrogens (tertiary/aromatic N) is 1. The average molecular weight is 220 g/mol. The fourth-order valence-electron chi connectivity index (χ4n) is 1.12. The normalized spacial score (nSPS) is 24.1. The molecule has 0 fully saturated rings. The van der Waals surface area contributed by atoms with Crippen molar-refractivity contribution in [2.45, 2.75) is 26.8 Å². The third kappa shape index (κ3) is 2.12. The number of hydrogen-bond donors (Lipinski definition) is 0. The summed E-state index contributed by atoms with van der Waals surface area (Å²) >= 11 is 11.4. The molecule has 2 nitrogen and oxygen atoms in total. The Labute approximate surface area is 87.6 Å². The topological polar surface area (TPSA) is 29.4 Å². The van der Waals surface area contributed by atoms with Gasteiger partial charge in [0.2, 0.25) is 5.78 Å². The van der Waals surface area contributed by atoms with Crippen molar-refractivity contribution < 1.29 is 4.79 Å². The molecule has 0 bridgehead atoms. The summed E-state index contributed by atoms with van der Waals surface area (Å²) in [6.45, 7) is 5.82. The molecule has 13 heavy (non-hydrogen) atoms. The molecule has 0 aromatic carbocycles. The zero-order chi connectivity index (χ0) is 10.2. The first-order valence-electron chi connectivity index (χ1n) is 3.96. The van der Waals surface area contributed by atoms with Gasteiger partial charge in [-0.3, -0.25) is 9.79 Å². The van der Waals surface area contributed by atoms with Crippen molar-refractivity contribution in [2.24, 2.45) is 10.4 Å². The lowest BCUT2D eigenvalue weighted by atomic mass is 9.83. The van der Waals surface area contributed by atoms with E-state index in [0.29, 0.717) is 0 Å². The largest absolute Gasteiger partial charge is 0.291 e. The second kappa shape index (κ2) is 3.43. The van der Waals surface area contributed by atoms with Gasteiger partial charge in [-0.2, -0.15) is 0 Å². The number of carbonyl (C=O) groups is 1. The number of dihydropyridines is 1. The van der Waals surface area contributed by atoms with Gasteiger partial charge in [0.15, 0.2) is 0 Å². The minimum atomic E-state index is -0.414. The quantitative estimate of drug-likeness (QED) is 0.617. The standard InChI is InChI=1S/C9H11Cl2NO/c1-9(2,3)8-7(13)6(11)5(10)4-12-8/h4,8H,1-3H3. The van der Waals surface area contributed by atoms with Gasteiger partial charge in [-0.05, 0) is 5.41 Å². The van der Waals surface area contributed by atoms with E-state index < -0.39 is 6.04 Å². The predicted octanol–water partition coefficient (Wildman–Crippen LogP) is 2.74. The number of rotatable bonds is 0. The van der Waals surface area contributed by atoms with Crippen LogP contribution >= 0.6 is 23.2 Å². The highest BCUT2D eigenvalue weighted by Gasteiger charge is 2.34. The van der Waals surface area contributed by atoms with Gasteiger partial charge >= 0.3 is 0 Å². The molecule has 1 aliphatic rings. The number of aliphatic imine (C=N–C) groups is 1. The van der Waals surface area contributed by atoms with Crippen LogP contribution in [0.4, 0.5) is 0 Å². The Hall–Kier alpha value is -0.340. The minimum absolute atomic E-state index is 0.0941. The van der Waals surface area contributed by atoms with E-state index in [1.54, 1.807) is 0 Å². The van der Waals surface area contributed by atoms with Crippen LogP contribution in [0.5, 0.6) is 0 Å². The van der Waals surface area contributed by atoms with Crippen molar-refractivity contribution in [1.82, 2.24) is 0 Å². The zero-order valence-corrected chi connectivity index (χ0v) is 9.28. The Balaban J connectivity index is 3.01. The van der Waals surface area contributed by atoms with Crippen molar-refractivity contribution >= 4 is 35.2 Å². The maximum absolute atomic E-state index is 11.6. The summed E-state index contributed by atoms with van der Waals surface area (Å²) in [5.41, 5.74) is -0.217. The van der Waals surface area contributed by atoms with Gasteiger partial charge in [0.25, 0.3) is 0 Å². The summed E-state index contributed by atoms with van der Waals surface area (Å²) in [6, 6.07) is -0.414. The molecule has 1 atom stereocenters. The lowest BCUT2D eigenvalue weighted by Gasteiger charge is -2.27. The van der Waals surface area contributed by atoms with Gasteiger partial charge in [0.05, 0.1) is 5.03 Å². The first-order chi connectivity index (χ1) is 5.84. The van der Waals surface area contributed by atoms with Crippen LogP contribution in [-0.2, 0) is 4.79 Å². The third-order valence-electron chi connectivity index (χ3n) is 1.83. The van der Waals surface area contributed by atoms with Crippen LogP contribution in [0.2, 0.25) is 0 Å². The number of Topliss-reactive ketones (excluding diaryl/α,β-unsaturated/α-hetero) is 1. The van der Waals surface area contributed by atoms with Gasteiger partial charge in [-0.15, -0.1) is 0 Å². The van der Waals surface area contributed by atoms with Crippen LogP contribution in [0, 0.1) is 5.41 Å². The molecule has 1 unspecified atom stereocenters. The molecule has 0 radical (unpaired) electrons. The Kier molecular flexibility index (Phi) is 2.83. The molecule has 0 N–H and O–H groups in total. The molecule has 4 heteroatoms. The lowest BCUT2D eigenvalue weighted by Crippen LogP contribution is -2.35. The van der Waals surface area contributed by atoms with E-state index in [1.807, 2.05) is 20.8 Å². The fraction of sp³-hybridized carbons (Fsp3) is 0.556. The molecule has 1 aliphatic heterocycles. The predicted molar refractivity (Wildman–Crippen MR) is 55.5 cm³/mol. The smallest absolute Gasteiger partial charge is 0.200 e. The van der Waals surface area contributed by atoms with Gasteiger partial charge in [-0.25, -0.2) is 0 Å². The summed E-state index contributed by atoms with van der Waals surface area (Å²) in [6.07, 6.45) is 1.45. The van der Waals surface area contributed by atoms with Crippen molar-refractivity contribution in [3.05, 3.63) is 10.1 Å². The van der Waals surface area contributed by atoms with Gasteiger partial charge < -0.3 is 0 Å². The van der Waals surface area contributed by atoms with Crippen molar-refractivity contribution in [1.29, 1.82) is 0 Å². The van der Waals surface area contributed by atoms with Gasteiger partial charge in [-0.1, -0.05) is 44.0 Å². The Morgan fingerprint density at radius 1 is 1.38 bits per heavy atom. The highest BCUT2D eigenvalue weighted by atomic mass is 35.5. The van der Waals surface area contributed by atoms with Crippen LogP contribution in [0.3, 0.4) is 0 Å². The van der Waals surface area contributed by atoms with Crippen LogP contribution in [-0.4, -0.2) is 18.0 Å². The monoisotopic (exact) mass is 219 g/mol. The SMILES string of the molecule is CC(C)(C)C1N=CC(Cl)=C(Cl)C1=O. The first-order valence-corrected chi connectivity index (χ1v) is 4.72. The van der Waals surface area contributed by atoms with Gasteiger partial charge in [0, 0.05) is 6.21 Å². The van der Waals surface area contributed by atoms with E-state index in [1.165, 1.54) is 6.21 Å². The molecular formula is C9H11Cl2NO. The van der Waals surface area contributed by atoms with E-state index in [-0.39, 0.29) is 21.3 Å². The zero-order valence-electron chi connectivity index (χ0n) is 7.77. The van der Waals surface area contributed by atoms with E-state index in [4.69, 9.17) is 23.2 Å².